The molecule has 0 aliphatic rings. The lowest BCUT2D eigenvalue weighted by molar-refractivity contribution is 0.633. The number of imidazole rings is 1. The van der Waals surface area contributed by atoms with Gasteiger partial charge < -0.3 is 4.57 Å². The molecule has 3 nitrogen and oxygen atoms in total. The molecule has 0 fully saturated rings. The van der Waals surface area contributed by atoms with E-state index in [1.165, 1.54) is 0 Å². The Labute approximate surface area is 174 Å². The fourth-order valence-electron chi connectivity index (χ4n) is 2.56. The summed E-state index contributed by atoms with van der Waals surface area (Å²) in [7, 11) is -1.28. The molecule has 2 unspecified atom stereocenters. The van der Waals surface area contributed by atoms with Crippen molar-refractivity contribution in [1.82, 2.24) is 9.55 Å². The van der Waals surface area contributed by atoms with Gasteiger partial charge >= 0.3 is 0 Å². The lowest BCUT2D eigenvalue weighted by atomic mass is 10.1. The molecule has 0 spiro atoms. The molecule has 3 rings (SSSR count). The highest BCUT2D eigenvalue weighted by molar-refractivity contribution is 7.84. The molecule has 1 aromatic heterocycles. The molecule has 0 N–H and O–H groups in total. The quantitative estimate of drug-likeness (QED) is 0.451. The lowest BCUT2D eigenvalue weighted by Gasteiger charge is -2.19. The van der Waals surface area contributed by atoms with Crippen molar-refractivity contribution in [2.45, 2.75) is 17.5 Å². The Kier molecular flexibility index (Phi) is 6.65. The molecule has 3 aromatic rings. The van der Waals surface area contributed by atoms with E-state index in [0.29, 0.717) is 26.6 Å². The van der Waals surface area contributed by atoms with Crippen molar-refractivity contribution in [1.29, 1.82) is 0 Å². The summed E-state index contributed by atoms with van der Waals surface area (Å²) in [6, 6.07) is 10.4. The zero-order valence-corrected chi connectivity index (χ0v) is 17.3. The highest BCUT2D eigenvalue weighted by atomic mass is 35.5. The van der Waals surface area contributed by atoms with Gasteiger partial charge in [-0.2, -0.15) is 0 Å². The van der Waals surface area contributed by atoms with Crippen LogP contribution in [0.1, 0.15) is 16.4 Å². The Morgan fingerprint density at radius 3 is 2.31 bits per heavy atom. The van der Waals surface area contributed by atoms with Crippen LogP contribution in [-0.4, -0.2) is 13.8 Å². The third-order valence-corrected chi connectivity index (χ3v) is 6.66. The van der Waals surface area contributed by atoms with Crippen LogP contribution in [0.15, 0.2) is 55.1 Å². The maximum absolute atomic E-state index is 13.2. The number of benzene rings is 2. The summed E-state index contributed by atoms with van der Waals surface area (Å²) in [5.74, 6) is 0.286. The average Bonchev–Trinajstić information content (AvgIpc) is 3.09. The van der Waals surface area contributed by atoms with Crippen LogP contribution in [0.3, 0.4) is 0 Å². The summed E-state index contributed by atoms with van der Waals surface area (Å²) in [6.45, 7) is 0.471. The maximum atomic E-state index is 13.2. The second-order valence-electron chi connectivity index (χ2n) is 5.67. The standard InChI is InChI=1S/C18H14Cl4N2OS/c19-13-2-1-12(16(21)7-13)10-26(25)18(9-24-6-5-23-11-24)15-4-3-14(20)8-17(15)22/h1-8,11,18H,9-10H2. The molecule has 0 bridgehead atoms. The Bertz CT molecular complexity index is 931. The second-order valence-corrected chi connectivity index (χ2v) is 8.98. The van der Waals surface area contributed by atoms with E-state index in [-0.39, 0.29) is 11.0 Å². The van der Waals surface area contributed by atoms with Crippen LogP contribution in [0, 0.1) is 0 Å². The van der Waals surface area contributed by atoms with Crippen molar-refractivity contribution >= 4 is 57.2 Å². The zero-order valence-electron chi connectivity index (χ0n) is 13.4. The molecule has 26 heavy (non-hydrogen) atoms. The minimum absolute atomic E-state index is 0.286. The van der Waals surface area contributed by atoms with Gasteiger partial charge in [-0.1, -0.05) is 58.5 Å². The molecule has 0 aliphatic heterocycles. The van der Waals surface area contributed by atoms with Gasteiger partial charge in [-0.25, -0.2) is 4.98 Å². The molecule has 2 atom stereocenters. The van der Waals surface area contributed by atoms with Gasteiger partial charge in [0.2, 0.25) is 0 Å². The van der Waals surface area contributed by atoms with E-state index in [2.05, 4.69) is 4.98 Å². The van der Waals surface area contributed by atoms with Crippen molar-refractivity contribution in [3.63, 3.8) is 0 Å². The topological polar surface area (TPSA) is 34.9 Å². The van der Waals surface area contributed by atoms with Crippen molar-refractivity contribution in [2.75, 3.05) is 0 Å². The van der Waals surface area contributed by atoms with Crippen LogP contribution in [-0.2, 0) is 23.1 Å². The number of hydrogen-bond donors (Lipinski definition) is 0. The zero-order chi connectivity index (χ0) is 18.7. The van der Waals surface area contributed by atoms with Crippen molar-refractivity contribution in [3.05, 3.63) is 86.3 Å². The number of aromatic nitrogens is 2. The predicted octanol–water partition coefficient (Wildman–Crippen LogP) is 6.19. The van der Waals surface area contributed by atoms with Crippen molar-refractivity contribution in [2.24, 2.45) is 0 Å². The van der Waals surface area contributed by atoms with E-state index < -0.39 is 10.8 Å². The van der Waals surface area contributed by atoms with Crippen LogP contribution >= 0.6 is 46.4 Å². The van der Waals surface area contributed by atoms with E-state index >= 15 is 0 Å². The summed E-state index contributed by atoms with van der Waals surface area (Å²) in [6.07, 6.45) is 5.19. The molecule has 1 heterocycles. The Morgan fingerprint density at radius 1 is 1.00 bits per heavy atom. The van der Waals surface area contributed by atoms with Gasteiger partial charge in [0.1, 0.15) is 0 Å². The Balaban J connectivity index is 1.92. The molecule has 0 saturated heterocycles. The van der Waals surface area contributed by atoms with Gasteiger partial charge in [-0.3, -0.25) is 4.21 Å². The third kappa shape index (κ3) is 4.81. The first-order chi connectivity index (χ1) is 12.4. The average molecular weight is 448 g/mol. The van der Waals surface area contributed by atoms with Gasteiger partial charge in [-0.15, -0.1) is 0 Å². The first-order valence-electron chi connectivity index (χ1n) is 7.66. The van der Waals surface area contributed by atoms with Gasteiger partial charge in [0.25, 0.3) is 0 Å². The normalized spacial score (nSPS) is 13.5. The summed E-state index contributed by atoms with van der Waals surface area (Å²) >= 11 is 24.6. The van der Waals surface area contributed by atoms with Crippen LogP contribution in [0.2, 0.25) is 20.1 Å². The summed E-state index contributed by atoms with van der Waals surface area (Å²) in [5, 5.41) is 1.71. The number of nitrogens with zero attached hydrogens (tertiary/aromatic N) is 2. The summed E-state index contributed by atoms with van der Waals surface area (Å²) in [5.41, 5.74) is 1.54. The van der Waals surface area contributed by atoms with Gasteiger partial charge in [0.15, 0.2) is 0 Å². The molecule has 8 heteroatoms. The highest BCUT2D eigenvalue weighted by Gasteiger charge is 2.23. The van der Waals surface area contributed by atoms with E-state index in [9.17, 15) is 4.21 Å². The molecular formula is C18H14Cl4N2OS. The minimum atomic E-state index is -1.28. The first-order valence-corrected chi connectivity index (χ1v) is 10.5. The predicted molar refractivity (Wildman–Crippen MR) is 110 cm³/mol. The van der Waals surface area contributed by atoms with Gasteiger partial charge in [0.05, 0.1) is 17.3 Å². The van der Waals surface area contributed by atoms with Crippen LogP contribution in [0.5, 0.6) is 0 Å². The Morgan fingerprint density at radius 2 is 1.69 bits per heavy atom. The molecule has 0 saturated carbocycles. The largest absolute Gasteiger partial charge is 0.336 e. The summed E-state index contributed by atoms with van der Waals surface area (Å²) in [4.78, 5) is 4.05. The van der Waals surface area contributed by atoms with Gasteiger partial charge in [0, 0.05) is 49.8 Å². The molecule has 0 aliphatic carbocycles. The maximum Gasteiger partial charge on any atom is 0.0946 e. The van der Waals surface area contributed by atoms with E-state index in [0.717, 1.165) is 11.1 Å². The third-order valence-electron chi connectivity index (χ3n) is 3.88. The molecule has 0 amide bonds. The number of hydrogen-bond acceptors (Lipinski definition) is 2. The fraction of sp³-hybridized carbons (Fsp3) is 0.167. The SMILES string of the molecule is O=S(Cc1ccc(Cl)cc1Cl)C(Cn1ccnc1)c1ccc(Cl)cc1Cl. The molecule has 0 radical (unpaired) electrons. The minimum Gasteiger partial charge on any atom is -0.336 e. The fourth-order valence-corrected chi connectivity index (χ4v) is 5.31. The Hall–Kier alpha value is -1.04. The van der Waals surface area contributed by atoms with Crippen molar-refractivity contribution < 1.29 is 4.21 Å². The van der Waals surface area contributed by atoms with Crippen LogP contribution in [0.4, 0.5) is 0 Å². The highest BCUT2D eigenvalue weighted by Crippen LogP contribution is 2.33. The van der Waals surface area contributed by atoms with E-state index in [4.69, 9.17) is 46.4 Å². The van der Waals surface area contributed by atoms with Crippen molar-refractivity contribution in [3.8, 4) is 0 Å². The number of halogens is 4. The van der Waals surface area contributed by atoms with E-state index in [1.807, 2.05) is 16.8 Å². The van der Waals surface area contributed by atoms with Gasteiger partial charge in [-0.05, 0) is 35.4 Å². The molecule has 136 valence electrons. The second kappa shape index (κ2) is 8.77. The number of rotatable bonds is 6. The summed E-state index contributed by atoms with van der Waals surface area (Å²) < 4.78 is 15.1. The first kappa shape index (κ1) is 19.7. The molecule has 2 aromatic carbocycles. The lowest BCUT2D eigenvalue weighted by Crippen LogP contribution is -2.16. The van der Waals surface area contributed by atoms with Crippen LogP contribution < -0.4 is 0 Å². The van der Waals surface area contributed by atoms with Crippen LogP contribution in [0.25, 0.3) is 0 Å². The monoisotopic (exact) mass is 446 g/mol. The smallest absolute Gasteiger partial charge is 0.0946 e. The molecular weight excluding hydrogens is 434 g/mol. The van der Waals surface area contributed by atoms with E-state index in [1.54, 1.807) is 42.9 Å².